The molecule has 2 aromatic carbocycles. The number of unbranched alkanes of at least 4 members (excludes halogenated alkanes) is 1. The van der Waals surface area contributed by atoms with Crippen molar-refractivity contribution in [3.8, 4) is 5.75 Å². The molecule has 0 heterocycles. The van der Waals surface area contributed by atoms with Gasteiger partial charge in [0, 0.05) is 6.42 Å². The third-order valence-electron chi connectivity index (χ3n) is 3.27. The first-order chi connectivity index (χ1) is 9.69. The first-order valence-corrected chi connectivity index (χ1v) is 7.06. The average Bonchev–Trinajstić information content (AvgIpc) is 2.45. The number of hydrogen-bond donors (Lipinski definition) is 1. The molecule has 0 saturated heterocycles. The molecule has 20 heavy (non-hydrogen) atoms. The predicted molar refractivity (Wildman–Crippen MR) is 79.8 cm³/mol. The van der Waals surface area contributed by atoms with E-state index in [2.05, 4.69) is 6.92 Å². The van der Waals surface area contributed by atoms with Crippen molar-refractivity contribution in [2.24, 2.45) is 0 Å². The van der Waals surface area contributed by atoms with Crippen LogP contribution in [0, 0.1) is 0 Å². The van der Waals surface area contributed by atoms with Crippen molar-refractivity contribution >= 4 is 16.7 Å². The summed E-state index contributed by atoms with van der Waals surface area (Å²) in [7, 11) is 0. The molecule has 0 amide bonds. The molecule has 0 bridgehead atoms. The highest BCUT2D eigenvalue weighted by Crippen LogP contribution is 2.21. The summed E-state index contributed by atoms with van der Waals surface area (Å²) >= 11 is 0. The second-order valence-electron chi connectivity index (χ2n) is 4.94. The van der Waals surface area contributed by atoms with E-state index in [1.165, 1.54) is 0 Å². The number of carbonyl (C=O) groups excluding carboxylic acids is 1. The van der Waals surface area contributed by atoms with Crippen molar-refractivity contribution in [2.45, 2.75) is 32.6 Å². The second kappa shape index (κ2) is 6.94. The first kappa shape index (κ1) is 14.4. The fraction of sp³-hybridized carbons (Fsp3) is 0.353. The van der Waals surface area contributed by atoms with E-state index in [0.29, 0.717) is 19.4 Å². The van der Waals surface area contributed by atoms with E-state index in [-0.39, 0.29) is 11.7 Å². The Bertz CT molecular complexity index is 590. The number of phenols is 1. The number of rotatable bonds is 6. The fourth-order valence-corrected chi connectivity index (χ4v) is 2.09. The van der Waals surface area contributed by atoms with Crippen molar-refractivity contribution in [3.05, 3.63) is 42.0 Å². The monoisotopic (exact) mass is 272 g/mol. The van der Waals surface area contributed by atoms with E-state index >= 15 is 0 Å². The van der Waals surface area contributed by atoms with Crippen LogP contribution in [0.15, 0.2) is 36.4 Å². The van der Waals surface area contributed by atoms with Crippen LogP contribution in [-0.2, 0) is 16.0 Å². The molecule has 0 unspecified atom stereocenters. The number of aromatic hydroxyl groups is 1. The Morgan fingerprint density at radius 1 is 1.15 bits per heavy atom. The zero-order chi connectivity index (χ0) is 14.4. The summed E-state index contributed by atoms with van der Waals surface area (Å²) < 4.78 is 5.13. The number of ether oxygens (including phenoxy) is 1. The van der Waals surface area contributed by atoms with E-state index in [1.807, 2.05) is 24.3 Å². The van der Waals surface area contributed by atoms with Crippen LogP contribution in [0.1, 0.15) is 31.7 Å². The van der Waals surface area contributed by atoms with Crippen LogP contribution in [-0.4, -0.2) is 17.7 Å². The Kier molecular flexibility index (Phi) is 4.99. The van der Waals surface area contributed by atoms with Gasteiger partial charge in [-0.1, -0.05) is 37.6 Å². The number of carbonyl (C=O) groups is 1. The molecule has 0 fully saturated rings. The summed E-state index contributed by atoms with van der Waals surface area (Å²) in [6.45, 7) is 2.58. The lowest BCUT2D eigenvalue weighted by molar-refractivity contribution is -0.143. The van der Waals surface area contributed by atoms with E-state index in [9.17, 15) is 9.90 Å². The Labute approximate surface area is 119 Å². The van der Waals surface area contributed by atoms with Crippen LogP contribution in [0.3, 0.4) is 0 Å². The maximum atomic E-state index is 11.5. The lowest BCUT2D eigenvalue weighted by atomic mass is 10.0. The van der Waals surface area contributed by atoms with E-state index in [1.54, 1.807) is 12.1 Å². The van der Waals surface area contributed by atoms with Crippen LogP contribution in [0.5, 0.6) is 5.75 Å². The summed E-state index contributed by atoms with van der Waals surface area (Å²) in [4.78, 5) is 11.5. The number of phenolic OH excluding ortho intramolecular Hbond substituents is 1. The number of esters is 1. The van der Waals surface area contributed by atoms with E-state index in [0.717, 1.165) is 29.2 Å². The van der Waals surface area contributed by atoms with Gasteiger partial charge in [0.15, 0.2) is 0 Å². The molecular formula is C17H20O3. The lowest BCUT2D eigenvalue weighted by Crippen LogP contribution is -2.06. The maximum Gasteiger partial charge on any atom is 0.306 e. The normalized spacial score (nSPS) is 10.7. The Morgan fingerprint density at radius 2 is 1.95 bits per heavy atom. The summed E-state index contributed by atoms with van der Waals surface area (Å²) in [5.41, 5.74) is 1.08. The van der Waals surface area contributed by atoms with Crippen molar-refractivity contribution in [3.63, 3.8) is 0 Å². The third kappa shape index (κ3) is 3.98. The highest BCUT2D eigenvalue weighted by molar-refractivity contribution is 5.84. The summed E-state index contributed by atoms with van der Waals surface area (Å²) in [5.74, 6) is 0.114. The molecule has 106 valence electrons. The minimum atomic E-state index is -0.144. The van der Waals surface area contributed by atoms with Gasteiger partial charge < -0.3 is 9.84 Å². The Morgan fingerprint density at radius 3 is 2.75 bits per heavy atom. The zero-order valence-electron chi connectivity index (χ0n) is 11.8. The fourth-order valence-electron chi connectivity index (χ4n) is 2.09. The molecule has 0 spiro atoms. The van der Waals surface area contributed by atoms with Crippen LogP contribution < -0.4 is 0 Å². The minimum absolute atomic E-state index is 0.144. The molecule has 1 N–H and O–H groups in total. The smallest absolute Gasteiger partial charge is 0.306 e. The summed E-state index contributed by atoms with van der Waals surface area (Å²) in [5, 5.41) is 11.6. The van der Waals surface area contributed by atoms with Gasteiger partial charge in [-0.25, -0.2) is 0 Å². The van der Waals surface area contributed by atoms with E-state index < -0.39 is 0 Å². The van der Waals surface area contributed by atoms with E-state index in [4.69, 9.17) is 4.74 Å². The SMILES string of the molecule is CCCCOC(=O)CCc1ccc2ccc(O)cc2c1. The van der Waals surface area contributed by atoms with Crippen molar-refractivity contribution in [2.75, 3.05) is 6.61 Å². The highest BCUT2D eigenvalue weighted by atomic mass is 16.5. The molecule has 2 aromatic rings. The van der Waals surface area contributed by atoms with Crippen LogP contribution in [0.2, 0.25) is 0 Å². The van der Waals surface area contributed by atoms with Crippen LogP contribution in [0.4, 0.5) is 0 Å². The van der Waals surface area contributed by atoms with Gasteiger partial charge in [-0.2, -0.15) is 0 Å². The maximum absolute atomic E-state index is 11.5. The highest BCUT2D eigenvalue weighted by Gasteiger charge is 2.04. The third-order valence-corrected chi connectivity index (χ3v) is 3.27. The molecule has 3 heteroatoms. The van der Waals surface area contributed by atoms with Crippen LogP contribution in [0.25, 0.3) is 10.8 Å². The zero-order valence-corrected chi connectivity index (χ0v) is 11.8. The number of fused-ring (bicyclic) bond motifs is 1. The standard InChI is InChI=1S/C17H20O3/c1-2-3-10-20-17(19)9-5-13-4-6-14-7-8-16(18)12-15(14)11-13/h4,6-8,11-12,18H,2-3,5,9-10H2,1H3. The molecule has 0 saturated carbocycles. The molecule has 0 radical (unpaired) electrons. The van der Waals surface area contributed by atoms with Gasteiger partial charge in [-0.05, 0) is 41.3 Å². The van der Waals surface area contributed by atoms with Gasteiger partial charge in [0.2, 0.25) is 0 Å². The number of hydrogen-bond acceptors (Lipinski definition) is 3. The van der Waals surface area contributed by atoms with Gasteiger partial charge in [-0.3, -0.25) is 4.79 Å². The Balaban J connectivity index is 1.94. The molecular weight excluding hydrogens is 252 g/mol. The van der Waals surface area contributed by atoms with Gasteiger partial charge in [0.05, 0.1) is 6.61 Å². The summed E-state index contributed by atoms with van der Waals surface area (Å²) in [6.07, 6.45) is 3.01. The first-order valence-electron chi connectivity index (χ1n) is 7.06. The van der Waals surface area contributed by atoms with Gasteiger partial charge >= 0.3 is 5.97 Å². The van der Waals surface area contributed by atoms with Gasteiger partial charge in [0.1, 0.15) is 5.75 Å². The van der Waals surface area contributed by atoms with Gasteiger partial charge in [-0.15, -0.1) is 0 Å². The molecule has 0 atom stereocenters. The molecule has 3 nitrogen and oxygen atoms in total. The molecule has 2 rings (SSSR count). The molecule has 0 aliphatic carbocycles. The van der Waals surface area contributed by atoms with Gasteiger partial charge in [0.25, 0.3) is 0 Å². The topological polar surface area (TPSA) is 46.5 Å². The quantitative estimate of drug-likeness (QED) is 0.642. The molecule has 0 aromatic heterocycles. The lowest BCUT2D eigenvalue weighted by Gasteiger charge is -2.05. The predicted octanol–water partition coefficient (Wildman–Crippen LogP) is 3.82. The number of aryl methyl sites for hydroxylation is 1. The minimum Gasteiger partial charge on any atom is -0.508 e. The van der Waals surface area contributed by atoms with Crippen molar-refractivity contribution in [1.29, 1.82) is 0 Å². The second-order valence-corrected chi connectivity index (χ2v) is 4.94. The summed E-state index contributed by atoms with van der Waals surface area (Å²) in [6, 6.07) is 11.3. The van der Waals surface area contributed by atoms with Crippen molar-refractivity contribution < 1.29 is 14.6 Å². The molecule has 0 aliphatic heterocycles. The Hall–Kier alpha value is -2.03. The largest absolute Gasteiger partial charge is 0.508 e. The average molecular weight is 272 g/mol. The van der Waals surface area contributed by atoms with Crippen molar-refractivity contribution in [1.82, 2.24) is 0 Å². The van der Waals surface area contributed by atoms with Crippen LogP contribution >= 0.6 is 0 Å². The number of benzene rings is 2. The molecule has 0 aliphatic rings.